The van der Waals surface area contributed by atoms with Gasteiger partial charge < -0.3 is 10.0 Å². The normalized spacial score (nSPS) is 22.4. The van der Waals surface area contributed by atoms with Crippen LogP contribution in [-0.4, -0.2) is 36.2 Å². The van der Waals surface area contributed by atoms with Gasteiger partial charge in [-0.25, -0.2) is 0 Å². The number of hydrogen-bond donors (Lipinski definition) is 1. The highest BCUT2D eigenvalue weighted by molar-refractivity contribution is 9.11. The van der Waals surface area contributed by atoms with E-state index in [9.17, 15) is 0 Å². The maximum absolute atomic E-state index is 9.04. The topological polar surface area (TPSA) is 23.5 Å². The number of aliphatic hydroxyl groups is 1. The van der Waals surface area contributed by atoms with Crippen LogP contribution in [-0.2, 0) is 6.42 Å². The SMILES string of the molecule is OCC1CCN(CCc2ccc(Br)s2)C1. The Bertz CT molecular complexity index is 315. The third-order valence-corrected chi connectivity index (χ3v) is 4.61. The average Bonchev–Trinajstić information content (AvgIpc) is 2.83. The molecule has 1 aromatic heterocycles. The van der Waals surface area contributed by atoms with Gasteiger partial charge in [0.2, 0.25) is 0 Å². The third-order valence-electron chi connectivity index (χ3n) is 2.93. The van der Waals surface area contributed by atoms with Crippen molar-refractivity contribution in [3.05, 3.63) is 20.8 Å². The zero-order valence-electron chi connectivity index (χ0n) is 8.66. The van der Waals surface area contributed by atoms with E-state index in [0.29, 0.717) is 12.5 Å². The van der Waals surface area contributed by atoms with Crippen LogP contribution in [0.25, 0.3) is 0 Å². The van der Waals surface area contributed by atoms with Crippen molar-refractivity contribution in [1.82, 2.24) is 4.90 Å². The molecule has 0 saturated carbocycles. The quantitative estimate of drug-likeness (QED) is 0.920. The van der Waals surface area contributed by atoms with E-state index >= 15 is 0 Å². The van der Waals surface area contributed by atoms with Crippen molar-refractivity contribution in [1.29, 1.82) is 0 Å². The highest BCUT2D eigenvalue weighted by Gasteiger charge is 2.21. The molecule has 0 bridgehead atoms. The molecule has 1 aliphatic heterocycles. The predicted octanol–water partition coefficient (Wildman–Crippen LogP) is 2.37. The summed E-state index contributed by atoms with van der Waals surface area (Å²) in [5.74, 6) is 0.514. The van der Waals surface area contributed by atoms with Crippen LogP contribution in [0.4, 0.5) is 0 Å². The van der Waals surface area contributed by atoms with E-state index in [1.807, 2.05) is 11.3 Å². The molecule has 0 amide bonds. The Hall–Kier alpha value is 0.1000. The number of likely N-dealkylation sites (tertiary alicyclic amines) is 1. The van der Waals surface area contributed by atoms with Crippen molar-refractivity contribution >= 4 is 27.3 Å². The summed E-state index contributed by atoms with van der Waals surface area (Å²) in [6, 6.07) is 4.30. The smallest absolute Gasteiger partial charge is 0.0701 e. The van der Waals surface area contributed by atoms with Crippen molar-refractivity contribution < 1.29 is 5.11 Å². The Morgan fingerprint density at radius 1 is 1.53 bits per heavy atom. The van der Waals surface area contributed by atoms with Crippen LogP contribution in [0.2, 0.25) is 0 Å². The molecule has 84 valence electrons. The second-order valence-electron chi connectivity index (χ2n) is 4.09. The zero-order chi connectivity index (χ0) is 10.7. The lowest BCUT2D eigenvalue weighted by Crippen LogP contribution is -2.23. The monoisotopic (exact) mass is 289 g/mol. The van der Waals surface area contributed by atoms with Gasteiger partial charge in [0.05, 0.1) is 3.79 Å². The number of hydrogen-bond acceptors (Lipinski definition) is 3. The van der Waals surface area contributed by atoms with Crippen molar-refractivity contribution in [2.45, 2.75) is 12.8 Å². The number of aliphatic hydroxyl groups excluding tert-OH is 1. The summed E-state index contributed by atoms with van der Waals surface area (Å²) in [5.41, 5.74) is 0. The van der Waals surface area contributed by atoms with Gasteiger partial charge in [-0.05, 0) is 53.4 Å². The van der Waals surface area contributed by atoms with E-state index in [4.69, 9.17) is 5.11 Å². The van der Waals surface area contributed by atoms with Gasteiger partial charge in [0, 0.05) is 24.6 Å². The highest BCUT2D eigenvalue weighted by atomic mass is 79.9. The van der Waals surface area contributed by atoms with Gasteiger partial charge in [-0.1, -0.05) is 0 Å². The summed E-state index contributed by atoms with van der Waals surface area (Å²) in [5, 5.41) is 9.04. The number of thiophene rings is 1. The maximum atomic E-state index is 9.04. The minimum atomic E-state index is 0.348. The summed E-state index contributed by atoms with van der Waals surface area (Å²) in [6.45, 7) is 3.70. The predicted molar refractivity (Wildman–Crippen MR) is 67.4 cm³/mol. The van der Waals surface area contributed by atoms with Gasteiger partial charge in [-0.15, -0.1) is 11.3 Å². The number of halogens is 1. The van der Waals surface area contributed by atoms with E-state index in [1.54, 1.807) is 0 Å². The van der Waals surface area contributed by atoms with Crippen molar-refractivity contribution in [2.24, 2.45) is 5.92 Å². The van der Waals surface area contributed by atoms with Crippen molar-refractivity contribution in [2.75, 3.05) is 26.2 Å². The summed E-state index contributed by atoms with van der Waals surface area (Å²) in [4.78, 5) is 3.89. The molecule has 0 spiro atoms. The fourth-order valence-corrected chi connectivity index (χ4v) is 3.49. The molecule has 1 unspecified atom stereocenters. The molecule has 1 aromatic rings. The molecular formula is C11H16BrNOS. The summed E-state index contributed by atoms with van der Waals surface area (Å²) >= 11 is 5.30. The van der Waals surface area contributed by atoms with E-state index in [2.05, 4.69) is 33.0 Å². The summed E-state index contributed by atoms with van der Waals surface area (Å²) in [6.07, 6.45) is 2.29. The zero-order valence-corrected chi connectivity index (χ0v) is 11.1. The molecule has 2 rings (SSSR count). The molecule has 1 fully saturated rings. The minimum Gasteiger partial charge on any atom is -0.396 e. The number of rotatable bonds is 4. The summed E-state index contributed by atoms with van der Waals surface area (Å²) < 4.78 is 1.21. The van der Waals surface area contributed by atoms with Crippen LogP contribution in [0, 0.1) is 5.92 Å². The molecule has 0 aliphatic carbocycles. The molecule has 1 saturated heterocycles. The Morgan fingerprint density at radius 2 is 2.40 bits per heavy atom. The molecule has 0 aromatic carbocycles. The van der Waals surface area contributed by atoms with E-state index in [-0.39, 0.29) is 0 Å². The van der Waals surface area contributed by atoms with Gasteiger partial charge in [0.15, 0.2) is 0 Å². The van der Waals surface area contributed by atoms with Gasteiger partial charge in [-0.2, -0.15) is 0 Å². The number of nitrogens with zero attached hydrogens (tertiary/aromatic N) is 1. The second-order valence-corrected chi connectivity index (χ2v) is 6.64. The lowest BCUT2D eigenvalue weighted by molar-refractivity contribution is 0.222. The lowest BCUT2D eigenvalue weighted by atomic mass is 10.1. The molecule has 1 aliphatic rings. The molecule has 15 heavy (non-hydrogen) atoms. The Kier molecular flexibility index (Phi) is 4.20. The van der Waals surface area contributed by atoms with Crippen LogP contribution in [0.3, 0.4) is 0 Å². The molecule has 1 N–H and O–H groups in total. The minimum absolute atomic E-state index is 0.348. The first-order valence-corrected chi connectivity index (χ1v) is 6.96. The molecule has 1 atom stereocenters. The lowest BCUT2D eigenvalue weighted by Gasteiger charge is -2.14. The van der Waals surface area contributed by atoms with Gasteiger partial charge in [0.1, 0.15) is 0 Å². The fraction of sp³-hybridized carbons (Fsp3) is 0.636. The van der Waals surface area contributed by atoms with Crippen LogP contribution >= 0.6 is 27.3 Å². The molecule has 2 nitrogen and oxygen atoms in total. The average molecular weight is 290 g/mol. The highest BCUT2D eigenvalue weighted by Crippen LogP contribution is 2.23. The first kappa shape index (κ1) is 11.6. The van der Waals surface area contributed by atoms with Crippen LogP contribution in [0.5, 0.6) is 0 Å². The third kappa shape index (κ3) is 3.28. The first-order chi connectivity index (χ1) is 7.28. The van der Waals surface area contributed by atoms with E-state index in [0.717, 1.165) is 32.5 Å². The van der Waals surface area contributed by atoms with Crippen LogP contribution in [0.15, 0.2) is 15.9 Å². The Morgan fingerprint density at radius 3 is 3.00 bits per heavy atom. The van der Waals surface area contributed by atoms with E-state index < -0.39 is 0 Å². The Balaban J connectivity index is 1.75. The van der Waals surface area contributed by atoms with Crippen LogP contribution in [0.1, 0.15) is 11.3 Å². The molecule has 0 radical (unpaired) electrons. The second kappa shape index (κ2) is 5.43. The summed E-state index contributed by atoms with van der Waals surface area (Å²) in [7, 11) is 0. The van der Waals surface area contributed by atoms with Gasteiger partial charge >= 0.3 is 0 Å². The van der Waals surface area contributed by atoms with E-state index in [1.165, 1.54) is 8.66 Å². The van der Waals surface area contributed by atoms with Gasteiger partial charge in [0.25, 0.3) is 0 Å². The molecule has 2 heterocycles. The molecular weight excluding hydrogens is 274 g/mol. The molecule has 4 heteroatoms. The Labute approximate surface area is 103 Å². The van der Waals surface area contributed by atoms with Crippen LogP contribution < -0.4 is 0 Å². The fourth-order valence-electron chi connectivity index (χ4n) is 2.02. The first-order valence-electron chi connectivity index (χ1n) is 5.35. The van der Waals surface area contributed by atoms with Crippen molar-refractivity contribution in [3.8, 4) is 0 Å². The standard InChI is InChI=1S/C11H16BrNOS/c12-11-2-1-10(15-11)4-6-13-5-3-9(7-13)8-14/h1-2,9,14H,3-8H2. The largest absolute Gasteiger partial charge is 0.396 e. The van der Waals surface area contributed by atoms with Gasteiger partial charge in [-0.3, -0.25) is 0 Å². The maximum Gasteiger partial charge on any atom is 0.0701 e. The van der Waals surface area contributed by atoms with Crippen molar-refractivity contribution in [3.63, 3.8) is 0 Å².